The molecule has 1 amide bonds. The number of nitrogens with zero attached hydrogens (tertiary/aromatic N) is 4. The van der Waals surface area contributed by atoms with E-state index >= 15 is 0 Å². The second-order valence-electron chi connectivity index (χ2n) is 5.94. The molecule has 1 N–H and O–H groups in total. The van der Waals surface area contributed by atoms with Gasteiger partial charge in [-0.1, -0.05) is 12.1 Å². The molecule has 4 rings (SSSR count). The summed E-state index contributed by atoms with van der Waals surface area (Å²) in [5.41, 5.74) is 1.54. The smallest absolute Gasteiger partial charge is 0.408 e. The summed E-state index contributed by atoms with van der Waals surface area (Å²) in [6.45, 7) is 1.79. The Morgan fingerprint density at radius 2 is 1.88 bits per heavy atom. The van der Waals surface area contributed by atoms with Crippen molar-refractivity contribution in [3.05, 3.63) is 47.2 Å². The molecule has 0 atom stereocenters. The number of aromatic nitrogens is 3. The number of oxazole rings is 1. The van der Waals surface area contributed by atoms with E-state index < -0.39 is 5.76 Å². The van der Waals surface area contributed by atoms with Gasteiger partial charge in [-0.3, -0.25) is 9.36 Å². The number of anilines is 2. The Morgan fingerprint density at radius 1 is 1.16 bits per heavy atom. The Labute approximate surface area is 143 Å². The van der Waals surface area contributed by atoms with Gasteiger partial charge < -0.3 is 14.6 Å². The summed E-state index contributed by atoms with van der Waals surface area (Å²) in [6.07, 6.45) is 5.45. The highest BCUT2D eigenvalue weighted by Gasteiger charge is 2.15. The van der Waals surface area contributed by atoms with Crippen LogP contribution in [0.3, 0.4) is 0 Å². The van der Waals surface area contributed by atoms with Crippen LogP contribution in [0.25, 0.3) is 11.1 Å². The Morgan fingerprint density at radius 3 is 2.64 bits per heavy atom. The summed E-state index contributed by atoms with van der Waals surface area (Å²) in [6, 6.07) is 6.99. The number of fused-ring (bicyclic) bond motifs is 1. The van der Waals surface area contributed by atoms with E-state index in [1.165, 1.54) is 4.57 Å². The van der Waals surface area contributed by atoms with Crippen LogP contribution in [-0.2, 0) is 11.3 Å². The summed E-state index contributed by atoms with van der Waals surface area (Å²) >= 11 is 0. The van der Waals surface area contributed by atoms with Crippen molar-refractivity contribution in [1.29, 1.82) is 0 Å². The van der Waals surface area contributed by atoms with Gasteiger partial charge in [-0.25, -0.2) is 14.8 Å². The molecule has 3 aromatic rings. The zero-order chi connectivity index (χ0) is 17.2. The lowest BCUT2D eigenvalue weighted by atomic mass is 10.3. The van der Waals surface area contributed by atoms with Crippen LogP contribution in [0.15, 0.2) is 45.9 Å². The number of hydrogen-bond acceptors (Lipinski definition) is 6. The van der Waals surface area contributed by atoms with Crippen molar-refractivity contribution in [2.45, 2.75) is 19.4 Å². The van der Waals surface area contributed by atoms with E-state index in [1.54, 1.807) is 36.7 Å². The van der Waals surface area contributed by atoms with Gasteiger partial charge in [0.15, 0.2) is 5.58 Å². The average molecular weight is 339 g/mol. The van der Waals surface area contributed by atoms with E-state index in [0.717, 1.165) is 25.9 Å². The molecule has 0 aliphatic carbocycles. The molecule has 128 valence electrons. The Kier molecular flexibility index (Phi) is 3.93. The van der Waals surface area contributed by atoms with Gasteiger partial charge in [0, 0.05) is 13.1 Å². The first-order valence-electron chi connectivity index (χ1n) is 8.16. The van der Waals surface area contributed by atoms with E-state index in [2.05, 4.69) is 20.2 Å². The maximum atomic E-state index is 12.2. The van der Waals surface area contributed by atoms with Crippen molar-refractivity contribution < 1.29 is 9.21 Å². The van der Waals surface area contributed by atoms with Crippen LogP contribution in [0.5, 0.6) is 0 Å². The normalized spacial score (nSPS) is 14.2. The Bertz CT molecular complexity index is 954. The predicted molar refractivity (Wildman–Crippen MR) is 92.6 cm³/mol. The van der Waals surface area contributed by atoms with Crippen molar-refractivity contribution in [2.24, 2.45) is 0 Å². The molecule has 1 saturated heterocycles. The summed E-state index contributed by atoms with van der Waals surface area (Å²) < 4.78 is 6.42. The zero-order valence-corrected chi connectivity index (χ0v) is 13.5. The van der Waals surface area contributed by atoms with E-state index in [0.29, 0.717) is 22.7 Å². The first-order valence-corrected chi connectivity index (χ1v) is 8.16. The maximum Gasteiger partial charge on any atom is 0.420 e. The maximum absolute atomic E-state index is 12.2. The van der Waals surface area contributed by atoms with Crippen LogP contribution in [0.2, 0.25) is 0 Å². The van der Waals surface area contributed by atoms with Crippen LogP contribution in [0.1, 0.15) is 12.8 Å². The lowest BCUT2D eigenvalue weighted by molar-refractivity contribution is -0.116. The van der Waals surface area contributed by atoms with Crippen LogP contribution in [0.4, 0.5) is 11.6 Å². The molecule has 0 bridgehead atoms. The predicted octanol–water partition coefficient (Wildman–Crippen LogP) is 1.62. The molecule has 3 heterocycles. The molecule has 0 unspecified atom stereocenters. The van der Waals surface area contributed by atoms with Gasteiger partial charge in [-0.15, -0.1) is 0 Å². The number of rotatable bonds is 4. The summed E-state index contributed by atoms with van der Waals surface area (Å²) in [7, 11) is 0. The molecule has 8 nitrogen and oxygen atoms in total. The van der Waals surface area contributed by atoms with Crippen LogP contribution in [-0.4, -0.2) is 33.5 Å². The second-order valence-corrected chi connectivity index (χ2v) is 5.94. The molecule has 0 saturated carbocycles. The fraction of sp³-hybridized carbons (Fsp3) is 0.294. The first-order chi connectivity index (χ1) is 12.2. The summed E-state index contributed by atoms with van der Waals surface area (Å²) in [5.74, 6) is -0.226. The largest absolute Gasteiger partial charge is 0.420 e. The lowest BCUT2D eigenvalue weighted by Crippen LogP contribution is -2.25. The van der Waals surface area contributed by atoms with Crippen LogP contribution >= 0.6 is 0 Å². The van der Waals surface area contributed by atoms with E-state index in [4.69, 9.17) is 4.42 Å². The molecule has 0 spiro atoms. The number of carbonyl (C=O) groups is 1. The quantitative estimate of drug-likeness (QED) is 0.776. The molecule has 25 heavy (non-hydrogen) atoms. The number of nitrogens with one attached hydrogen (secondary N) is 1. The number of para-hydroxylation sites is 2. The van der Waals surface area contributed by atoms with E-state index in [1.807, 2.05) is 0 Å². The molecule has 1 aliphatic heterocycles. The highest BCUT2D eigenvalue weighted by Crippen LogP contribution is 2.16. The minimum absolute atomic E-state index is 0.135. The first kappa shape index (κ1) is 15.4. The highest BCUT2D eigenvalue weighted by molar-refractivity contribution is 5.91. The fourth-order valence-electron chi connectivity index (χ4n) is 2.97. The monoisotopic (exact) mass is 339 g/mol. The SMILES string of the molecule is O=C(Cn1c(=O)oc2ccccc21)Nc1cnc(N2CCCC2)nc1. The third-order valence-corrected chi connectivity index (χ3v) is 4.19. The van der Waals surface area contributed by atoms with Gasteiger partial charge in [-0.05, 0) is 25.0 Å². The van der Waals surface area contributed by atoms with Crippen LogP contribution in [0, 0.1) is 0 Å². The topological polar surface area (TPSA) is 93.3 Å². The van der Waals surface area contributed by atoms with Crippen molar-refractivity contribution in [2.75, 3.05) is 23.3 Å². The number of hydrogen-bond donors (Lipinski definition) is 1. The molecule has 1 aromatic carbocycles. The van der Waals surface area contributed by atoms with E-state index in [-0.39, 0.29) is 12.5 Å². The Balaban J connectivity index is 1.46. The summed E-state index contributed by atoms with van der Waals surface area (Å²) in [5, 5.41) is 2.71. The Hall–Kier alpha value is -3.16. The van der Waals surface area contributed by atoms with Gasteiger partial charge >= 0.3 is 5.76 Å². The molecule has 8 heteroatoms. The summed E-state index contributed by atoms with van der Waals surface area (Å²) in [4.78, 5) is 34.8. The average Bonchev–Trinajstić information content (AvgIpc) is 3.25. The van der Waals surface area contributed by atoms with Crippen molar-refractivity contribution in [3.8, 4) is 0 Å². The van der Waals surface area contributed by atoms with Gasteiger partial charge in [0.05, 0.1) is 23.6 Å². The van der Waals surface area contributed by atoms with Gasteiger partial charge in [0.1, 0.15) is 6.54 Å². The standard InChI is InChI=1S/C17H17N5O3/c23-15(11-22-13-5-1-2-6-14(13)25-17(22)24)20-12-9-18-16(19-10-12)21-7-3-4-8-21/h1-2,5-6,9-10H,3-4,7-8,11H2,(H,20,23). The van der Waals surface area contributed by atoms with Gasteiger partial charge in [0.2, 0.25) is 11.9 Å². The van der Waals surface area contributed by atoms with Gasteiger partial charge in [0.25, 0.3) is 0 Å². The van der Waals surface area contributed by atoms with Gasteiger partial charge in [-0.2, -0.15) is 0 Å². The second kappa shape index (κ2) is 6.39. The molecule has 1 aliphatic rings. The third kappa shape index (κ3) is 3.10. The molecular formula is C17H17N5O3. The number of amides is 1. The van der Waals surface area contributed by atoms with Crippen LogP contribution < -0.4 is 16.0 Å². The molecule has 0 radical (unpaired) electrons. The molecular weight excluding hydrogens is 322 g/mol. The lowest BCUT2D eigenvalue weighted by Gasteiger charge is -2.14. The van der Waals surface area contributed by atoms with E-state index in [9.17, 15) is 9.59 Å². The van der Waals surface area contributed by atoms with Crippen molar-refractivity contribution >= 4 is 28.6 Å². The van der Waals surface area contributed by atoms with Crippen molar-refractivity contribution in [3.63, 3.8) is 0 Å². The number of carbonyl (C=O) groups excluding carboxylic acids is 1. The minimum atomic E-state index is -0.558. The molecule has 2 aromatic heterocycles. The minimum Gasteiger partial charge on any atom is -0.408 e. The number of benzene rings is 1. The molecule has 1 fully saturated rings. The fourth-order valence-corrected chi connectivity index (χ4v) is 2.97. The third-order valence-electron chi connectivity index (χ3n) is 4.19. The zero-order valence-electron chi connectivity index (χ0n) is 13.5. The highest BCUT2D eigenvalue weighted by atomic mass is 16.4. The van der Waals surface area contributed by atoms with Crippen molar-refractivity contribution in [1.82, 2.24) is 14.5 Å².